The molecule has 2 unspecified atom stereocenters. The molecule has 0 aliphatic carbocycles. The Labute approximate surface area is 171 Å². The van der Waals surface area contributed by atoms with E-state index in [0.717, 1.165) is 16.7 Å². The molecule has 0 amide bonds. The number of rotatable bonds is 7. The summed E-state index contributed by atoms with van der Waals surface area (Å²) in [5, 5.41) is 12.8. The van der Waals surface area contributed by atoms with Gasteiger partial charge in [-0.1, -0.05) is 54.4 Å². The Kier molecular flexibility index (Phi) is 7.47. The van der Waals surface area contributed by atoms with Crippen LogP contribution in [0, 0.1) is 11.7 Å². The molecule has 0 aliphatic rings. The van der Waals surface area contributed by atoms with E-state index in [-0.39, 0.29) is 11.7 Å². The van der Waals surface area contributed by atoms with Crippen molar-refractivity contribution in [2.24, 2.45) is 5.92 Å². The highest BCUT2D eigenvalue weighted by Gasteiger charge is 2.36. The Morgan fingerprint density at radius 2 is 1.81 bits per heavy atom. The normalized spacial score (nSPS) is 15.7. The summed E-state index contributed by atoms with van der Waals surface area (Å²) in [7, 11) is 3.95. The van der Waals surface area contributed by atoms with Crippen LogP contribution in [-0.4, -0.2) is 36.2 Å². The highest BCUT2D eigenvalue weighted by atomic mass is 35.5. The van der Waals surface area contributed by atoms with E-state index in [1.54, 1.807) is 24.3 Å². The molecular formula is C22H26Cl2FNO. The van der Waals surface area contributed by atoms with E-state index in [2.05, 4.69) is 0 Å². The molecule has 1 N–H and O–H groups in total. The van der Waals surface area contributed by atoms with Crippen molar-refractivity contribution >= 4 is 29.3 Å². The Morgan fingerprint density at radius 3 is 2.37 bits per heavy atom. The lowest BCUT2D eigenvalue weighted by molar-refractivity contribution is 0.0150. The number of halogens is 3. The first-order valence-electron chi connectivity index (χ1n) is 8.87. The lowest BCUT2D eigenvalue weighted by Crippen LogP contribution is -2.44. The number of nitrogens with zero attached hydrogens (tertiary/aromatic N) is 1. The molecule has 0 aromatic heterocycles. The van der Waals surface area contributed by atoms with E-state index >= 15 is 0 Å². The molecule has 0 spiro atoms. The van der Waals surface area contributed by atoms with Crippen LogP contribution in [0.4, 0.5) is 4.39 Å². The van der Waals surface area contributed by atoms with Crippen LogP contribution in [0.1, 0.15) is 25.0 Å². The summed E-state index contributed by atoms with van der Waals surface area (Å²) in [5.74, 6) is -0.343. The average Bonchev–Trinajstić information content (AvgIpc) is 2.58. The van der Waals surface area contributed by atoms with E-state index in [9.17, 15) is 9.50 Å². The van der Waals surface area contributed by atoms with Crippen molar-refractivity contribution in [3.63, 3.8) is 0 Å². The van der Waals surface area contributed by atoms with Gasteiger partial charge < -0.3 is 10.0 Å². The quantitative estimate of drug-likeness (QED) is 0.632. The van der Waals surface area contributed by atoms with Gasteiger partial charge in [-0.25, -0.2) is 4.39 Å². The molecule has 2 rings (SSSR count). The van der Waals surface area contributed by atoms with Gasteiger partial charge in [-0.05, 0) is 62.0 Å². The molecule has 0 aliphatic heterocycles. The van der Waals surface area contributed by atoms with Gasteiger partial charge in [0.1, 0.15) is 5.82 Å². The second kappa shape index (κ2) is 9.20. The van der Waals surface area contributed by atoms with Crippen molar-refractivity contribution in [2.45, 2.75) is 25.9 Å². The number of benzene rings is 2. The zero-order chi connectivity index (χ0) is 20.2. The Morgan fingerprint density at radius 1 is 1.19 bits per heavy atom. The maximum atomic E-state index is 13.2. The lowest BCUT2D eigenvalue weighted by Gasteiger charge is -2.37. The van der Waals surface area contributed by atoms with Crippen LogP contribution in [0.2, 0.25) is 10.0 Å². The molecule has 0 saturated heterocycles. The van der Waals surface area contributed by atoms with Crippen LogP contribution >= 0.6 is 23.2 Å². The minimum atomic E-state index is -1.11. The van der Waals surface area contributed by atoms with Crippen molar-refractivity contribution in [1.82, 2.24) is 4.90 Å². The number of hydrogen-bond acceptors (Lipinski definition) is 2. The van der Waals surface area contributed by atoms with Crippen molar-refractivity contribution in [2.75, 3.05) is 20.6 Å². The van der Waals surface area contributed by atoms with E-state index in [4.69, 9.17) is 23.2 Å². The third-order valence-corrected chi connectivity index (χ3v) is 5.45. The molecule has 0 heterocycles. The van der Waals surface area contributed by atoms with Gasteiger partial charge in [0.15, 0.2) is 0 Å². The fourth-order valence-corrected chi connectivity index (χ4v) is 3.77. The molecule has 2 aromatic carbocycles. The smallest absolute Gasteiger partial charge is 0.123 e. The van der Waals surface area contributed by atoms with Crippen LogP contribution in [0.15, 0.2) is 48.0 Å². The van der Waals surface area contributed by atoms with Gasteiger partial charge in [-0.3, -0.25) is 0 Å². The van der Waals surface area contributed by atoms with Crippen LogP contribution in [-0.2, 0) is 6.42 Å². The van der Waals surface area contributed by atoms with Gasteiger partial charge >= 0.3 is 0 Å². The maximum absolute atomic E-state index is 13.2. The molecule has 2 atom stereocenters. The summed E-state index contributed by atoms with van der Waals surface area (Å²) in [6, 6.07) is 11.5. The third-order valence-electron chi connectivity index (χ3n) is 4.87. The number of hydrogen-bond donors (Lipinski definition) is 1. The predicted molar refractivity (Wildman–Crippen MR) is 113 cm³/mol. The largest absolute Gasteiger partial charge is 0.385 e. The summed E-state index contributed by atoms with van der Waals surface area (Å²) in [4.78, 5) is 2.05. The van der Waals surface area contributed by atoms with Gasteiger partial charge in [0, 0.05) is 28.9 Å². The van der Waals surface area contributed by atoms with Gasteiger partial charge in [0.25, 0.3) is 0 Å². The topological polar surface area (TPSA) is 23.5 Å². The van der Waals surface area contributed by atoms with Crippen molar-refractivity contribution in [1.29, 1.82) is 0 Å². The predicted octanol–water partition coefficient (Wildman–Crippen LogP) is 5.71. The first kappa shape index (κ1) is 21.9. The molecule has 146 valence electrons. The first-order valence-corrected chi connectivity index (χ1v) is 9.63. The second-order valence-electron chi connectivity index (χ2n) is 7.38. The summed E-state index contributed by atoms with van der Waals surface area (Å²) in [6.07, 6.45) is 2.26. The average molecular weight is 410 g/mol. The van der Waals surface area contributed by atoms with Gasteiger partial charge in [0.05, 0.1) is 5.60 Å². The summed E-state index contributed by atoms with van der Waals surface area (Å²) < 4.78 is 13.2. The molecule has 0 bridgehead atoms. The fraction of sp³-hybridized carbons (Fsp3) is 0.364. The van der Waals surface area contributed by atoms with Crippen molar-refractivity contribution in [3.8, 4) is 0 Å². The Bertz CT molecular complexity index is 804. The molecule has 0 fully saturated rings. The molecular weight excluding hydrogens is 384 g/mol. The Balaban J connectivity index is 2.43. The van der Waals surface area contributed by atoms with Crippen molar-refractivity contribution < 1.29 is 9.50 Å². The summed E-state index contributed by atoms with van der Waals surface area (Å²) >= 11 is 12.4. The van der Waals surface area contributed by atoms with Gasteiger partial charge in [0.2, 0.25) is 0 Å². The monoisotopic (exact) mass is 409 g/mol. The van der Waals surface area contributed by atoms with Gasteiger partial charge in [-0.15, -0.1) is 0 Å². The van der Waals surface area contributed by atoms with Crippen LogP contribution < -0.4 is 0 Å². The van der Waals surface area contributed by atoms with Crippen LogP contribution in [0.5, 0.6) is 0 Å². The second-order valence-corrected chi connectivity index (χ2v) is 8.22. The minimum absolute atomic E-state index is 0.0593. The molecule has 2 aromatic rings. The van der Waals surface area contributed by atoms with Crippen molar-refractivity contribution in [3.05, 3.63) is 75.0 Å². The van der Waals surface area contributed by atoms with E-state index in [1.165, 1.54) is 12.1 Å². The van der Waals surface area contributed by atoms with E-state index in [0.29, 0.717) is 23.0 Å². The molecule has 5 heteroatoms. The van der Waals surface area contributed by atoms with E-state index in [1.807, 2.05) is 45.0 Å². The maximum Gasteiger partial charge on any atom is 0.123 e. The molecule has 2 nitrogen and oxygen atoms in total. The van der Waals surface area contributed by atoms with E-state index < -0.39 is 5.60 Å². The zero-order valence-corrected chi connectivity index (χ0v) is 17.7. The first-order chi connectivity index (χ1) is 12.6. The highest BCUT2D eigenvalue weighted by Crippen LogP contribution is 2.34. The summed E-state index contributed by atoms with van der Waals surface area (Å²) in [6.45, 7) is 4.63. The molecule has 0 radical (unpaired) electrons. The lowest BCUT2D eigenvalue weighted by atomic mass is 9.77. The minimum Gasteiger partial charge on any atom is -0.385 e. The van der Waals surface area contributed by atoms with Crippen LogP contribution in [0.3, 0.4) is 0 Å². The Hall–Kier alpha value is -1.39. The zero-order valence-electron chi connectivity index (χ0n) is 16.1. The third kappa shape index (κ3) is 5.79. The van der Waals surface area contributed by atoms with Gasteiger partial charge in [-0.2, -0.15) is 0 Å². The summed E-state index contributed by atoms with van der Waals surface area (Å²) in [5.41, 5.74) is 1.36. The fourth-order valence-electron chi connectivity index (χ4n) is 3.29. The highest BCUT2D eigenvalue weighted by molar-refractivity contribution is 6.35. The molecule has 27 heavy (non-hydrogen) atoms. The van der Waals surface area contributed by atoms with Crippen LogP contribution in [0.25, 0.3) is 6.08 Å². The molecule has 0 saturated carbocycles. The SMILES string of the molecule is C/C(=C\c1ccc(F)cc1)C(O)(Cc1ccc(Cl)cc1Cl)C(C)CN(C)C. The standard InChI is InChI=1S/C22H26Cl2FNO/c1-15(11-17-5-9-20(25)10-6-17)22(27,16(2)14-26(3)4)13-18-7-8-19(23)12-21(18)24/h5-12,16,27H,13-14H2,1-4H3/b15-11+. The number of aliphatic hydroxyl groups is 1.